The number of hydrogen-bond donors (Lipinski definition) is 0. The first-order chi connectivity index (χ1) is 8.20. The molecule has 0 amide bonds. The van der Waals surface area contributed by atoms with E-state index in [0.717, 1.165) is 5.56 Å². The van der Waals surface area contributed by atoms with Gasteiger partial charge in [0.2, 0.25) is 5.78 Å². The Morgan fingerprint density at radius 2 is 1.41 bits per heavy atom. The summed E-state index contributed by atoms with van der Waals surface area (Å²) in [6.45, 7) is 0. The van der Waals surface area contributed by atoms with Gasteiger partial charge in [-0.1, -0.05) is 54.6 Å². The van der Waals surface area contributed by atoms with Crippen LogP contribution in [0.1, 0.15) is 10.4 Å². The Morgan fingerprint density at radius 1 is 0.824 bits per heavy atom. The summed E-state index contributed by atoms with van der Waals surface area (Å²) in [5, 5.41) is 10.6. The van der Waals surface area contributed by atoms with Crippen molar-refractivity contribution in [3.05, 3.63) is 60.2 Å². The second-order valence-electron chi connectivity index (χ2n) is 3.53. The standard InChI is InChI=1S/C14H10O3/c15-13(14(16)17)12-9-5-4-8-11(12)10-6-2-1-3-7-10/h1-9H,(H,16,17)/p-1. The molecule has 0 N–H and O–H groups in total. The minimum Gasteiger partial charge on any atom is -0.541 e. The number of carboxylic acid groups (broad SMARTS) is 1. The topological polar surface area (TPSA) is 57.2 Å². The van der Waals surface area contributed by atoms with Crippen molar-refractivity contribution in [2.45, 2.75) is 0 Å². The second-order valence-corrected chi connectivity index (χ2v) is 3.53. The Hall–Kier alpha value is -2.42. The van der Waals surface area contributed by atoms with Crippen LogP contribution in [0.15, 0.2) is 54.6 Å². The number of hydrogen-bond acceptors (Lipinski definition) is 3. The molecular weight excluding hydrogens is 216 g/mol. The van der Waals surface area contributed by atoms with Gasteiger partial charge in [0.15, 0.2) is 0 Å². The summed E-state index contributed by atoms with van der Waals surface area (Å²) in [4.78, 5) is 22.1. The van der Waals surface area contributed by atoms with E-state index in [2.05, 4.69) is 0 Å². The smallest absolute Gasteiger partial charge is 0.209 e. The highest BCUT2D eigenvalue weighted by Crippen LogP contribution is 2.23. The minimum atomic E-state index is -1.69. The van der Waals surface area contributed by atoms with Crippen molar-refractivity contribution in [3.8, 4) is 11.1 Å². The van der Waals surface area contributed by atoms with Gasteiger partial charge < -0.3 is 9.90 Å². The molecule has 0 aliphatic carbocycles. The molecule has 2 aromatic rings. The molecule has 0 spiro atoms. The van der Waals surface area contributed by atoms with Gasteiger partial charge in [0.1, 0.15) is 5.97 Å². The van der Waals surface area contributed by atoms with Crippen molar-refractivity contribution in [1.29, 1.82) is 0 Å². The highest BCUT2D eigenvalue weighted by molar-refractivity contribution is 6.40. The van der Waals surface area contributed by atoms with Gasteiger partial charge in [0.25, 0.3) is 0 Å². The van der Waals surface area contributed by atoms with Crippen LogP contribution in [-0.2, 0) is 4.79 Å². The van der Waals surface area contributed by atoms with Crippen molar-refractivity contribution in [3.63, 3.8) is 0 Å². The lowest BCUT2D eigenvalue weighted by atomic mass is 9.97. The fourth-order valence-electron chi connectivity index (χ4n) is 1.66. The lowest BCUT2D eigenvalue weighted by Crippen LogP contribution is -2.31. The van der Waals surface area contributed by atoms with Gasteiger partial charge >= 0.3 is 0 Å². The van der Waals surface area contributed by atoms with Crippen LogP contribution in [0.5, 0.6) is 0 Å². The SMILES string of the molecule is O=C([O-])C(=O)c1ccccc1-c1ccccc1. The summed E-state index contributed by atoms with van der Waals surface area (Å²) < 4.78 is 0. The maximum absolute atomic E-state index is 11.5. The average Bonchev–Trinajstić information content (AvgIpc) is 2.39. The predicted molar refractivity (Wildman–Crippen MR) is 61.2 cm³/mol. The summed E-state index contributed by atoms with van der Waals surface area (Å²) in [5.74, 6) is -2.68. The second kappa shape index (κ2) is 4.61. The Balaban J connectivity index is 2.56. The molecule has 2 aromatic carbocycles. The van der Waals surface area contributed by atoms with Crippen molar-refractivity contribution in [2.24, 2.45) is 0 Å². The van der Waals surface area contributed by atoms with Crippen LogP contribution in [0.3, 0.4) is 0 Å². The van der Waals surface area contributed by atoms with E-state index in [1.54, 1.807) is 18.2 Å². The number of carboxylic acids is 1. The quantitative estimate of drug-likeness (QED) is 0.584. The van der Waals surface area contributed by atoms with Crippen LogP contribution < -0.4 is 5.11 Å². The molecule has 0 saturated carbocycles. The number of benzene rings is 2. The molecule has 0 atom stereocenters. The molecule has 0 fully saturated rings. The highest BCUT2D eigenvalue weighted by atomic mass is 16.4. The zero-order valence-corrected chi connectivity index (χ0v) is 8.92. The van der Waals surface area contributed by atoms with E-state index in [0.29, 0.717) is 5.56 Å². The molecular formula is C14H9O3-. The van der Waals surface area contributed by atoms with Crippen LogP contribution in [0.4, 0.5) is 0 Å². The minimum absolute atomic E-state index is 0.152. The zero-order valence-electron chi connectivity index (χ0n) is 8.92. The van der Waals surface area contributed by atoms with Crippen LogP contribution in [0, 0.1) is 0 Å². The van der Waals surface area contributed by atoms with E-state index in [9.17, 15) is 14.7 Å². The Labute approximate surface area is 98.3 Å². The number of carbonyl (C=O) groups is 2. The number of carbonyl (C=O) groups excluding carboxylic acids is 2. The molecule has 2 rings (SSSR count). The molecule has 0 aliphatic heterocycles. The molecule has 0 bridgehead atoms. The number of ketones is 1. The van der Waals surface area contributed by atoms with E-state index in [-0.39, 0.29) is 5.56 Å². The van der Waals surface area contributed by atoms with Gasteiger partial charge in [-0.3, -0.25) is 4.79 Å². The number of aliphatic carboxylic acids is 1. The molecule has 0 aromatic heterocycles. The molecule has 0 aliphatic rings. The summed E-state index contributed by atoms with van der Waals surface area (Å²) in [6.07, 6.45) is 0. The third-order valence-electron chi connectivity index (χ3n) is 2.44. The summed E-state index contributed by atoms with van der Waals surface area (Å²) >= 11 is 0. The Kier molecular flexibility index (Phi) is 3.01. The molecule has 3 heteroatoms. The van der Waals surface area contributed by atoms with Gasteiger partial charge in [0, 0.05) is 5.56 Å². The van der Waals surface area contributed by atoms with Crippen molar-refractivity contribution in [1.82, 2.24) is 0 Å². The summed E-state index contributed by atoms with van der Waals surface area (Å²) in [5.41, 5.74) is 1.55. The average molecular weight is 225 g/mol. The van der Waals surface area contributed by atoms with Gasteiger partial charge in [-0.2, -0.15) is 0 Å². The fourth-order valence-corrected chi connectivity index (χ4v) is 1.66. The van der Waals surface area contributed by atoms with Crippen LogP contribution in [0.25, 0.3) is 11.1 Å². The van der Waals surface area contributed by atoms with Gasteiger partial charge in [0.05, 0.1) is 0 Å². The maximum Gasteiger partial charge on any atom is 0.209 e. The van der Waals surface area contributed by atoms with E-state index in [1.165, 1.54) is 6.07 Å². The van der Waals surface area contributed by atoms with E-state index in [4.69, 9.17) is 0 Å². The molecule has 0 unspecified atom stereocenters. The highest BCUT2D eigenvalue weighted by Gasteiger charge is 2.12. The number of Topliss-reactive ketones (excluding diaryl/α,β-unsaturated/α-hetero) is 1. The summed E-state index contributed by atoms with van der Waals surface area (Å²) in [7, 11) is 0. The molecule has 84 valence electrons. The van der Waals surface area contributed by atoms with Crippen molar-refractivity contribution in [2.75, 3.05) is 0 Å². The van der Waals surface area contributed by atoms with Crippen LogP contribution >= 0.6 is 0 Å². The lowest BCUT2D eigenvalue weighted by Gasteiger charge is -2.08. The van der Waals surface area contributed by atoms with Crippen molar-refractivity contribution < 1.29 is 14.7 Å². The van der Waals surface area contributed by atoms with E-state index in [1.807, 2.05) is 30.3 Å². The third-order valence-corrected chi connectivity index (χ3v) is 2.44. The Morgan fingerprint density at radius 3 is 2.06 bits per heavy atom. The predicted octanol–water partition coefficient (Wildman–Crippen LogP) is 1.29. The van der Waals surface area contributed by atoms with Crippen molar-refractivity contribution >= 4 is 11.8 Å². The third kappa shape index (κ3) is 2.23. The fraction of sp³-hybridized carbons (Fsp3) is 0. The normalized spacial score (nSPS) is 9.88. The summed E-state index contributed by atoms with van der Waals surface area (Å²) in [6, 6.07) is 15.7. The Bertz CT molecular complexity index is 559. The first-order valence-corrected chi connectivity index (χ1v) is 5.10. The lowest BCUT2D eigenvalue weighted by molar-refractivity contribution is -0.296. The maximum atomic E-state index is 11.5. The van der Waals surface area contributed by atoms with Gasteiger partial charge in [-0.15, -0.1) is 0 Å². The van der Waals surface area contributed by atoms with Crippen LogP contribution in [0.2, 0.25) is 0 Å². The van der Waals surface area contributed by atoms with Crippen LogP contribution in [-0.4, -0.2) is 11.8 Å². The molecule has 3 nitrogen and oxygen atoms in total. The zero-order chi connectivity index (χ0) is 12.3. The molecule has 0 radical (unpaired) electrons. The molecule has 17 heavy (non-hydrogen) atoms. The van der Waals surface area contributed by atoms with E-state index < -0.39 is 11.8 Å². The monoisotopic (exact) mass is 225 g/mol. The van der Waals surface area contributed by atoms with Gasteiger partial charge in [-0.25, -0.2) is 0 Å². The largest absolute Gasteiger partial charge is 0.541 e. The first-order valence-electron chi connectivity index (χ1n) is 5.10. The van der Waals surface area contributed by atoms with E-state index >= 15 is 0 Å². The first kappa shape index (κ1) is 11.1. The molecule has 0 heterocycles. The molecule has 0 saturated heterocycles. The number of rotatable bonds is 3. The van der Waals surface area contributed by atoms with Gasteiger partial charge in [-0.05, 0) is 11.1 Å².